The standard InChI is InChI=1S/C12H12N4S/c1-8-6-10(7-13)16-12(14-8)15-9(2)11-4-3-5-17-11/h3-6,9H,1-2H3,(H,14,15,16). The summed E-state index contributed by atoms with van der Waals surface area (Å²) in [5.41, 5.74) is 1.18. The smallest absolute Gasteiger partial charge is 0.224 e. The molecular formula is C12H12N4S. The summed E-state index contributed by atoms with van der Waals surface area (Å²) in [4.78, 5) is 9.60. The van der Waals surface area contributed by atoms with Gasteiger partial charge in [-0.3, -0.25) is 0 Å². The number of rotatable bonds is 3. The molecule has 2 aromatic rings. The van der Waals surface area contributed by atoms with Crippen LogP contribution in [0.1, 0.15) is 29.2 Å². The van der Waals surface area contributed by atoms with Gasteiger partial charge < -0.3 is 5.32 Å². The fraction of sp³-hybridized carbons (Fsp3) is 0.250. The van der Waals surface area contributed by atoms with Crippen molar-refractivity contribution < 1.29 is 0 Å². The van der Waals surface area contributed by atoms with E-state index in [-0.39, 0.29) is 6.04 Å². The van der Waals surface area contributed by atoms with Crippen molar-refractivity contribution in [3.8, 4) is 6.07 Å². The molecule has 0 aliphatic rings. The van der Waals surface area contributed by atoms with E-state index in [9.17, 15) is 0 Å². The predicted octanol–water partition coefficient (Wildman–Crippen LogP) is 2.89. The monoisotopic (exact) mass is 244 g/mol. The molecule has 0 amide bonds. The van der Waals surface area contributed by atoms with Crippen molar-refractivity contribution >= 4 is 17.3 Å². The number of hydrogen-bond donors (Lipinski definition) is 1. The first-order valence-electron chi connectivity index (χ1n) is 5.25. The van der Waals surface area contributed by atoms with Gasteiger partial charge >= 0.3 is 0 Å². The summed E-state index contributed by atoms with van der Waals surface area (Å²) in [5, 5.41) is 14.1. The molecule has 0 aromatic carbocycles. The third-order valence-corrected chi connectivity index (χ3v) is 3.34. The van der Waals surface area contributed by atoms with Gasteiger partial charge in [-0.1, -0.05) is 6.07 Å². The molecular weight excluding hydrogens is 232 g/mol. The van der Waals surface area contributed by atoms with Gasteiger partial charge in [-0.15, -0.1) is 11.3 Å². The highest BCUT2D eigenvalue weighted by Crippen LogP contribution is 2.21. The molecule has 0 bridgehead atoms. The highest BCUT2D eigenvalue weighted by Gasteiger charge is 2.08. The third-order valence-electron chi connectivity index (χ3n) is 2.28. The molecule has 0 saturated heterocycles. The van der Waals surface area contributed by atoms with Gasteiger partial charge in [0, 0.05) is 10.6 Å². The third kappa shape index (κ3) is 2.80. The van der Waals surface area contributed by atoms with Crippen molar-refractivity contribution in [3.05, 3.63) is 39.8 Å². The Morgan fingerprint density at radius 1 is 1.47 bits per heavy atom. The van der Waals surface area contributed by atoms with Gasteiger partial charge in [-0.05, 0) is 31.4 Å². The lowest BCUT2D eigenvalue weighted by Crippen LogP contribution is -2.09. The van der Waals surface area contributed by atoms with Crippen LogP contribution in [-0.4, -0.2) is 9.97 Å². The van der Waals surface area contributed by atoms with Crippen LogP contribution in [-0.2, 0) is 0 Å². The average Bonchev–Trinajstić information content (AvgIpc) is 2.81. The highest BCUT2D eigenvalue weighted by atomic mass is 32.1. The maximum Gasteiger partial charge on any atom is 0.224 e. The largest absolute Gasteiger partial charge is 0.347 e. The Labute approximate surface area is 104 Å². The molecule has 1 atom stereocenters. The number of aryl methyl sites for hydroxylation is 1. The van der Waals surface area contributed by atoms with E-state index in [1.54, 1.807) is 17.4 Å². The van der Waals surface area contributed by atoms with E-state index >= 15 is 0 Å². The molecule has 0 saturated carbocycles. The molecule has 0 fully saturated rings. The second-order valence-corrected chi connectivity index (χ2v) is 4.69. The summed E-state index contributed by atoms with van der Waals surface area (Å²) in [7, 11) is 0. The second-order valence-electron chi connectivity index (χ2n) is 3.71. The Balaban J connectivity index is 2.19. The summed E-state index contributed by atoms with van der Waals surface area (Å²) < 4.78 is 0. The zero-order valence-electron chi connectivity index (χ0n) is 9.64. The van der Waals surface area contributed by atoms with Crippen molar-refractivity contribution in [3.63, 3.8) is 0 Å². The van der Waals surface area contributed by atoms with Gasteiger partial charge in [0.05, 0.1) is 6.04 Å². The van der Waals surface area contributed by atoms with E-state index in [1.807, 2.05) is 31.4 Å². The first-order valence-corrected chi connectivity index (χ1v) is 6.12. The van der Waals surface area contributed by atoms with Crippen LogP contribution in [0.4, 0.5) is 5.95 Å². The maximum absolute atomic E-state index is 8.84. The Hall–Kier alpha value is -1.93. The molecule has 5 heteroatoms. The molecule has 0 radical (unpaired) electrons. The lowest BCUT2D eigenvalue weighted by molar-refractivity contribution is 0.874. The SMILES string of the molecule is Cc1cc(C#N)nc(NC(C)c2cccs2)n1. The molecule has 86 valence electrons. The minimum absolute atomic E-state index is 0.142. The number of hydrogen-bond acceptors (Lipinski definition) is 5. The van der Waals surface area contributed by atoms with E-state index in [1.165, 1.54) is 4.88 Å². The first kappa shape index (κ1) is 11.6. The Morgan fingerprint density at radius 2 is 2.29 bits per heavy atom. The van der Waals surface area contributed by atoms with Crippen molar-refractivity contribution in [1.82, 2.24) is 9.97 Å². The van der Waals surface area contributed by atoms with Crippen molar-refractivity contribution in [2.24, 2.45) is 0 Å². The van der Waals surface area contributed by atoms with E-state index in [4.69, 9.17) is 5.26 Å². The minimum Gasteiger partial charge on any atom is -0.347 e. The number of nitrogens with one attached hydrogen (secondary N) is 1. The lowest BCUT2D eigenvalue weighted by Gasteiger charge is -2.12. The molecule has 4 nitrogen and oxygen atoms in total. The quantitative estimate of drug-likeness (QED) is 0.901. The van der Waals surface area contributed by atoms with E-state index in [0.29, 0.717) is 11.6 Å². The van der Waals surface area contributed by atoms with Crippen LogP contribution < -0.4 is 5.32 Å². The number of aromatic nitrogens is 2. The molecule has 2 aromatic heterocycles. The fourth-order valence-corrected chi connectivity index (χ4v) is 2.23. The van der Waals surface area contributed by atoms with Gasteiger partial charge in [0.15, 0.2) is 0 Å². The summed E-state index contributed by atoms with van der Waals surface area (Å²) >= 11 is 1.68. The summed E-state index contributed by atoms with van der Waals surface area (Å²) in [6.45, 7) is 3.90. The van der Waals surface area contributed by atoms with Crippen molar-refractivity contribution in [1.29, 1.82) is 5.26 Å². The van der Waals surface area contributed by atoms with Gasteiger partial charge in [-0.2, -0.15) is 5.26 Å². The van der Waals surface area contributed by atoms with Gasteiger partial charge in [0.1, 0.15) is 11.8 Å². The minimum atomic E-state index is 0.142. The fourth-order valence-electron chi connectivity index (χ4n) is 1.49. The molecule has 0 aliphatic heterocycles. The highest BCUT2D eigenvalue weighted by molar-refractivity contribution is 7.10. The molecule has 0 aliphatic carbocycles. The van der Waals surface area contributed by atoms with Gasteiger partial charge in [0.2, 0.25) is 5.95 Å². The number of thiophene rings is 1. The molecule has 2 heterocycles. The van der Waals surface area contributed by atoms with Gasteiger partial charge in [-0.25, -0.2) is 9.97 Å². The van der Waals surface area contributed by atoms with Crippen LogP contribution in [0.3, 0.4) is 0 Å². The molecule has 1 unspecified atom stereocenters. The van der Waals surface area contributed by atoms with Crippen LogP contribution in [0.15, 0.2) is 23.6 Å². The number of nitriles is 1. The summed E-state index contributed by atoms with van der Waals surface area (Å²) in [5.74, 6) is 0.502. The lowest BCUT2D eigenvalue weighted by atomic mass is 10.3. The molecule has 2 rings (SSSR count). The van der Waals surface area contributed by atoms with Crippen LogP contribution >= 0.6 is 11.3 Å². The van der Waals surface area contributed by atoms with Crippen LogP contribution in [0, 0.1) is 18.3 Å². The van der Waals surface area contributed by atoms with E-state index < -0.39 is 0 Å². The molecule has 17 heavy (non-hydrogen) atoms. The maximum atomic E-state index is 8.84. The van der Waals surface area contributed by atoms with Crippen LogP contribution in [0.2, 0.25) is 0 Å². The zero-order chi connectivity index (χ0) is 12.3. The van der Waals surface area contributed by atoms with Crippen LogP contribution in [0.25, 0.3) is 0 Å². The summed E-state index contributed by atoms with van der Waals surface area (Å²) in [6, 6.07) is 7.91. The van der Waals surface area contributed by atoms with E-state index in [2.05, 4.69) is 21.4 Å². The Bertz CT molecular complexity index is 542. The topological polar surface area (TPSA) is 61.6 Å². The predicted molar refractivity (Wildman–Crippen MR) is 67.8 cm³/mol. The summed E-state index contributed by atoms with van der Waals surface area (Å²) in [6.07, 6.45) is 0. The van der Waals surface area contributed by atoms with Crippen LogP contribution in [0.5, 0.6) is 0 Å². The average molecular weight is 244 g/mol. The van der Waals surface area contributed by atoms with Crippen molar-refractivity contribution in [2.75, 3.05) is 5.32 Å². The molecule has 1 N–H and O–H groups in total. The first-order chi connectivity index (χ1) is 8.19. The molecule has 0 spiro atoms. The second kappa shape index (κ2) is 4.93. The Morgan fingerprint density at radius 3 is 2.94 bits per heavy atom. The zero-order valence-corrected chi connectivity index (χ0v) is 10.5. The number of anilines is 1. The Kier molecular flexibility index (Phi) is 3.35. The van der Waals surface area contributed by atoms with Gasteiger partial charge in [0.25, 0.3) is 0 Å². The van der Waals surface area contributed by atoms with Crippen molar-refractivity contribution in [2.45, 2.75) is 19.9 Å². The van der Waals surface area contributed by atoms with E-state index in [0.717, 1.165) is 5.69 Å². The number of nitrogens with zero attached hydrogens (tertiary/aromatic N) is 3. The normalized spacial score (nSPS) is 11.8.